The number of aromatic amines is 1. The number of benzene rings is 1. The van der Waals surface area contributed by atoms with Crippen molar-refractivity contribution < 1.29 is 4.79 Å². The van der Waals surface area contributed by atoms with E-state index in [-0.39, 0.29) is 5.91 Å². The SMILES string of the molecule is Cc1ccc2c(-c3ccc4c(c3)CCNC4=O)c[nH]c2n1. The highest BCUT2D eigenvalue weighted by molar-refractivity contribution is 5.99. The number of carbonyl (C=O) groups is 1. The maximum atomic E-state index is 11.8. The van der Waals surface area contributed by atoms with Crippen molar-refractivity contribution in [3.05, 3.63) is 53.3 Å². The maximum Gasteiger partial charge on any atom is 0.251 e. The fourth-order valence-corrected chi connectivity index (χ4v) is 2.94. The van der Waals surface area contributed by atoms with E-state index in [1.54, 1.807) is 0 Å². The molecule has 21 heavy (non-hydrogen) atoms. The number of rotatable bonds is 1. The van der Waals surface area contributed by atoms with E-state index in [1.807, 2.05) is 31.3 Å². The molecule has 1 aliphatic rings. The van der Waals surface area contributed by atoms with Crippen molar-refractivity contribution in [2.24, 2.45) is 0 Å². The number of hydrogen-bond donors (Lipinski definition) is 2. The van der Waals surface area contributed by atoms with Gasteiger partial charge in [-0.1, -0.05) is 12.1 Å². The first kappa shape index (κ1) is 12.1. The second kappa shape index (κ2) is 4.45. The molecule has 0 saturated heterocycles. The first-order valence-electron chi connectivity index (χ1n) is 7.08. The van der Waals surface area contributed by atoms with Crippen LogP contribution in [-0.4, -0.2) is 22.4 Å². The highest BCUT2D eigenvalue weighted by Crippen LogP contribution is 2.30. The van der Waals surface area contributed by atoms with Crippen molar-refractivity contribution in [2.45, 2.75) is 13.3 Å². The Bertz CT molecular complexity index is 864. The van der Waals surface area contributed by atoms with Gasteiger partial charge in [-0.05, 0) is 42.7 Å². The lowest BCUT2D eigenvalue weighted by Gasteiger charge is -2.17. The van der Waals surface area contributed by atoms with Gasteiger partial charge in [0, 0.05) is 34.9 Å². The van der Waals surface area contributed by atoms with Crippen LogP contribution in [0.15, 0.2) is 36.5 Å². The summed E-state index contributed by atoms with van der Waals surface area (Å²) in [6.07, 6.45) is 2.87. The molecule has 1 aliphatic heterocycles. The molecule has 1 amide bonds. The fourth-order valence-electron chi connectivity index (χ4n) is 2.94. The van der Waals surface area contributed by atoms with Crippen molar-refractivity contribution >= 4 is 16.9 Å². The Morgan fingerprint density at radius 2 is 2.05 bits per heavy atom. The lowest BCUT2D eigenvalue weighted by molar-refractivity contribution is 0.0946. The maximum absolute atomic E-state index is 11.8. The Kier molecular flexibility index (Phi) is 2.57. The van der Waals surface area contributed by atoms with Crippen molar-refractivity contribution in [3.8, 4) is 11.1 Å². The summed E-state index contributed by atoms with van der Waals surface area (Å²) in [6.45, 7) is 2.70. The zero-order valence-electron chi connectivity index (χ0n) is 11.7. The van der Waals surface area contributed by atoms with Crippen LogP contribution in [0, 0.1) is 6.92 Å². The minimum absolute atomic E-state index is 0.0269. The number of hydrogen-bond acceptors (Lipinski definition) is 2. The molecule has 0 saturated carbocycles. The first-order chi connectivity index (χ1) is 10.2. The normalized spacial score (nSPS) is 14.0. The number of amides is 1. The number of nitrogens with zero attached hydrogens (tertiary/aromatic N) is 1. The fraction of sp³-hybridized carbons (Fsp3) is 0.176. The molecule has 0 spiro atoms. The zero-order valence-corrected chi connectivity index (χ0v) is 11.7. The number of fused-ring (bicyclic) bond motifs is 2. The Morgan fingerprint density at radius 3 is 2.95 bits per heavy atom. The lowest BCUT2D eigenvalue weighted by atomic mass is 9.95. The summed E-state index contributed by atoms with van der Waals surface area (Å²) in [5.41, 5.74) is 6.06. The molecule has 0 aliphatic carbocycles. The van der Waals surface area contributed by atoms with E-state index in [0.717, 1.165) is 45.4 Å². The van der Waals surface area contributed by atoms with Gasteiger partial charge >= 0.3 is 0 Å². The van der Waals surface area contributed by atoms with Gasteiger partial charge in [0.15, 0.2) is 0 Å². The topological polar surface area (TPSA) is 57.8 Å². The Hall–Kier alpha value is -2.62. The molecule has 4 rings (SSSR count). The molecular weight excluding hydrogens is 262 g/mol. The predicted octanol–water partition coefficient (Wildman–Crippen LogP) is 2.82. The first-order valence-corrected chi connectivity index (χ1v) is 7.08. The average molecular weight is 277 g/mol. The number of aromatic nitrogens is 2. The van der Waals surface area contributed by atoms with Gasteiger partial charge in [-0.15, -0.1) is 0 Å². The Balaban J connectivity index is 1.87. The number of H-pyrrole nitrogens is 1. The van der Waals surface area contributed by atoms with Crippen molar-refractivity contribution in [3.63, 3.8) is 0 Å². The van der Waals surface area contributed by atoms with E-state index in [9.17, 15) is 4.79 Å². The molecule has 0 bridgehead atoms. The number of pyridine rings is 1. The molecule has 2 N–H and O–H groups in total. The van der Waals surface area contributed by atoms with Crippen LogP contribution in [0.1, 0.15) is 21.6 Å². The quantitative estimate of drug-likeness (QED) is 0.718. The number of carbonyl (C=O) groups excluding carboxylic acids is 1. The highest BCUT2D eigenvalue weighted by Gasteiger charge is 2.17. The second-order valence-corrected chi connectivity index (χ2v) is 5.43. The van der Waals surface area contributed by atoms with Crippen LogP contribution in [0.25, 0.3) is 22.2 Å². The van der Waals surface area contributed by atoms with Gasteiger partial charge in [0.2, 0.25) is 0 Å². The zero-order chi connectivity index (χ0) is 14.4. The minimum atomic E-state index is 0.0269. The summed E-state index contributed by atoms with van der Waals surface area (Å²) in [5.74, 6) is 0.0269. The van der Waals surface area contributed by atoms with Gasteiger partial charge in [-0.25, -0.2) is 4.98 Å². The van der Waals surface area contributed by atoms with Gasteiger partial charge in [0.25, 0.3) is 5.91 Å². The third-order valence-electron chi connectivity index (χ3n) is 4.02. The van der Waals surface area contributed by atoms with Crippen LogP contribution in [-0.2, 0) is 6.42 Å². The molecule has 104 valence electrons. The van der Waals surface area contributed by atoms with Crippen LogP contribution in [0.5, 0.6) is 0 Å². The Labute approximate surface area is 122 Å². The summed E-state index contributed by atoms with van der Waals surface area (Å²) < 4.78 is 0. The monoisotopic (exact) mass is 277 g/mol. The van der Waals surface area contributed by atoms with Gasteiger partial charge in [-0.3, -0.25) is 4.79 Å². The van der Waals surface area contributed by atoms with Crippen LogP contribution in [0.3, 0.4) is 0 Å². The molecule has 4 nitrogen and oxygen atoms in total. The molecule has 0 fully saturated rings. The van der Waals surface area contributed by atoms with Crippen LogP contribution in [0.4, 0.5) is 0 Å². The molecule has 1 aromatic carbocycles. The van der Waals surface area contributed by atoms with E-state index in [0.29, 0.717) is 6.54 Å². The molecule has 0 radical (unpaired) electrons. The predicted molar refractivity (Wildman–Crippen MR) is 82.3 cm³/mol. The average Bonchev–Trinajstić information content (AvgIpc) is 2.90. The summed E-state index contributed by atoms with van der Waals surface area (Å²) >= 11 is 0. The highest BCUT2D eigenvalue weighted by atomic mass is 16.1. The van der Waals surface area contributed by atoms with Gasteiger partial charge < -0.3 is 10.3 Å². The van der Waals surface area contributed by atoms with E-state index in [1.165, 1.54) is 0 Å². The summed E-state index contributed by atoms with van der Waals surface area (Å²) in [5, 5.41) is 3.99. The van der Waals surface area contributed by atoms with Crippen molar-refractivity contribution in [1.82, 2.24) is 15.3 Å². The van der Waals surface area contributed by atoms with Gasteiger partial charge in [0.05, 0.1) is 0 Å². The van der Waals surface area contributed by atoms with Crippen LogP contribution in [0.2, 0.25) is 0 Å². The van der Waals surface area contributed by atoms with E-state index >= 15 is 0 Å². The van der Waals surface area contributed by atoms with Gasteiger partial charge in [0.1, 0.15) is 5.65 Å². The molecule has 0 atom stereocenters. The summed E-state index contributed by atoms with van der Waals surface area (Å²) in [4.78, 5) is 19.5. The van der Waals surface area contributed by atoms with Crippen LogP contribution < -0.4 is 5.32 Å². The third-order valence-corrected chi connectivity index (χ3v) is 4.02. The molecule has 3 heterocycles. The number of aryl methyl sites for hydroxylation is 1. The van der Waals surface area contributed by atoms with E-state index in [4.69, 9.17) is 0 Å². The summed E-state index contributed by atoms with van der Waals surface area (Å²) in [6, 6.07) is 10.2. The molecular formula is C17H15N3O. The van der Waals surface area contributed by atoms with E-state index in [2.05, 4.69) is 27.4 Å². The number of nitrogens with one attached hydrogen (secondary N) is 2. The molecule has 3 aromatic rings. The minimum Gasteiger partial charge on any atom is -0.352 e. The standard InChI is InChI=1S/C17H15N3O/c1-10-2-4-14-15(9-19-16(14)20-10)11-3-5-13-12(8-11)6-7-18-17(13)21/h2-5,8-9H,6-7H2,1H3,(H,18,21)(H,19,20). The van der Waals surface area contributed by atoms with Gasteiger partial charge in [-0.2, -0.15) is 0 Å². The lowest BCUT2D eigenvalue weighted by Crippen LogP contribution is -2.31. The smallest absolute Gasteiger partial charge is 0.251 e. The van der Waals surface area contributed by atoms with Crippen molar-refractivity contribution in [1.29, 1.82) is 0 Å². The van der Waals surface area contributed by atoms with Crippen molar-refractivity contribution in [2.75, 3.05) is 6.54 Å². The van der Waals surface area contributed by atoms with E-state index < -0.39 is 0 Å². The van der Waals surface area contributed by atoms with Crippen LogP contribution >= 0.6 is 0 Å². The molecule has 4 heteroatoms. The molecule has 0 unspecified atom stereocenters. The molecule has 2 aromatic heterocycles. The largest absolute Gasteiger partial charge is 0.352 e. The Morgan fingerprint density at radius 1 is 1.14 bits per heavy atom. The summed E-state index contributed by atoms with van der Waals surface area (Å²) in [7, 11) is 0. The second-order valence-electron chi connectivity index (χ2n) is 5.43. The third kappa shape index (κ3) is 1.91.